The fourth-order valence-electron chi connectivity index (χ4n) is 2.60. The maximum absolute atomic E-state index is 12.0. The Hall–Kier alpha value is -2.49. The molecule has 0 unspecified atom stereocenters. The number of pyridine rings is 1. The van der Waals surface area contributed by atoms with E-state index in [4.69, 9.17) is 0 Å². The minimum Gasteiger partial charge on any atom is -0.288 e. The van der Waals surface area contributed by atoms with Crippen LogP contribution >= 0.6 is 0 Å². The van der Waals surface area contributed by atoms with E-state index >= 15 is 0 Å². The molecule has 2 aromatic rings. The molecule has 0 saturated carbocycles. The lowest BCUT2D eigenvalue weighted by Crippen LogP contribution is -2.20. The van der Waals surface area contributed by atoms with Crippen LogP contribution in [0, 0.1) is 0 Å². The molecule has 1 aliphatic heterocycles. The van der Waals surface area contributed by atoms with Crippen LogP contribution in [0.15, 0.2) is 36.5 Å². The zero-order valence-electron chi connectivity index (χ0n) is 11.1. The van der Waals surface area contributed by atoms with Gasteiger partial charge in [-0.3, -0.25) is 19.9 Å². The molecule has 0 aliphatic carbocycles. The van der Waals surface area contributed by atoms with Gasteiger partial charge in [-0.25, -0.2) is 0 Å². The number of nitrogens with one attached hydrogen (secondary N) is 1. The van der Waals surface area contributed by atoms with Crippen molar-refractivity contribution in [3.8, 4) is 11.3 Å². The molecule has 1 aliphatic rings. The third-order valence-electron chi connectivity index (χ3n) is 3.45. The predicted molar refractivity (Wildman–Crippen MR) is 75.5 cm³/mol. The molecule has 0 spiro atoms. The third-order valence-corrected chi connectivity index (χ3v) is 3.45. The van der Waals surface area contributed by atoms with Gasteiger partial charge in [0.15, 0.2) is 0 Å². The highest BCUT2D eigenvalue weighted by Gasteiger charge is 2.30. The number of carbonyl (C=O) groups excluding carboxylic acids is 2. The van der Waals surface area contributed by atoms with Gasteiger partial charge in [0.1, 0.15) is 0 Å². The molecular formula is C16H14N2O2. The quantitative estimate of drug-likeness (QED) is 0.869. The minimum absolute atomic E-state index is 0.300. The summed E-state index contributed by atoms with van der Waals surface area (Å²) in [6, 6.07) is 9.27. The van der Waals surface area contributed by atoms with E-state index in [1.165, 1.54) is 0 Å². The summed E-state index contributed by atoms with van der Waals surface area (Å²) in [5.74, 6) is -0.610. The Balaban J connectivity index is 2.25. The molecule has 2 amide bonds. The Labute approximate surface area is 116 Å². The molecule has 0 atom stereocenters. The lowest BCUT2D eigenvalue weighted by molar-refractivity contribution is 0.0879. The number of nitrogens with zero attached hydrogens (tertiary/aromatic N) is 1. The second-order valence-electron chi connectivity index (χ2n) is 4.76. The Bertz CT molecular complexity index is 693. The van der Waals surface area contributed by atoms with Crippen molar-refractivity contribution in [1.82, 2.24) is 10.3 Å². The van der Waals surface area contributed by atoms with E-state index in [0.29, 0.717) is 11.1 Å². The van der Waals surface area contributed by atoms with Crippen LogP contribution < -0.4 is 5.32 Å². The van der Waals surface area contributed by atoms with Gasteiger partial charge in [-0.1, -0.05) is 25.5 Å². The molecular weight excluding hydrogens is 252 g/mol. The minimum atomic E-state index is -0.310. The molecule has 1 aromatic carbocycles. The Morgan fingerprint density at radius 2 is 1.85 bits per heavy atom. The number of benzene rings is 1. The molecule has 2 heterocycles. The fourth-order valence-corrected chi connectivity index (χ4v) is 2.60. The molecule has 20 heavy (non-hydrogen) atoms. The van der Waals surface area contributed by atoms with Gasteiger partial charge >= 0.3 is 0 Å². The molecule has 4 heteroatoms. The van der Waals surface area contributed by atoms with Gasteiger partial charge < -0.3 is 0 Å². The van der Waals surface area contributed by atoms with Crippen LogP contribution in [0.3, 0.4) is 0 Å². The van der Waals surface area contributed by atoms with Crippen LogP contribution in [-0.4, -0.2) is 16.8 Å². The number of hydrogen-bond acceptors (Lipinski definition) is 3. The molecule has 4 nitrogen and oxygen atoms in total. The van der Waals surface area contributed by atoms with Crippen molar-refractivity contribution < 1.29 is 9.59 Å². The molecule has 1 N–H and O–H groups in total. The number of rotatable bonds is 3. The number of hydrogen-bond donors (Lipinski definition) is 1. The molecule has 0 saturated heterocycles. The van der Waals surface area contributed by atoms with Crippen LogP contribution in [0.5, 0.6) is 0 Å². The molecule has 3 rings (SSSR count). The third kappa shape index (κ3) is 1.90. The lowest BCUT2D eigenvalue weighted by atomic mass is 9.92. The van der Waals surface area contributed by atoms with Crippen LogP contribution in [0.2, 0.25) is 0 Å². The molecule has 0 radical (unpaired) electrons. The van der Waals surface area contributed by atoms with E-state index in [9.17, 15) is 9.59 Å². The number of fused-ring (bicyclic) bond motifs is 1. The van der Waals surface area contributed by atoms with Gasteiger partial charge in [0, 0.05) is 11.8 Å². The van der Waals surface area contributed by atoms with E-state index in [1.807, 2.05) is 24.3 Å². The summed E-state index contributed by atoms with van der Waals surface area (Å²) in [7, 11) is 0. The van der Waals surface area contributed by atoms with Crippen molar-refractivity contribution >= 4 is 11.8 Å². The van der Waals surface area contributed by atoms with Gasteiger partial charge in [-0.05, 0) is 30.2 Å². The SMILES string of the molecule is CCCc1c(-c2ccccn2)ccc2c1C(=O)NC2=O. The second kappa shape index (κ2) is 4.89. The Kier molecular flexibility index (Phi) is 3.06. The maximum Gasteiger partial charge on any atom is 0.259 e. The van der Waals surface area contributed by atoms with Crippen molar-refractivity contribution in [1.29, 1.82) is 0 Å². The zero-order valence-corrected chi connectivity index (χ0v) is 11.1. The highest BCUT2D eigenvalue weighted by atomic mass is 16.2. The summed E-state index contributed by atoms with van der Waals surface area (Å²) in [5.41, 5.74) is 3.65. The van der Waals surface area contributed by atoms with Crippen LogP contribution in [-0.2, 0) is 6.42 Å². The summed E-state index contributed by atoms with van der Waals surface area (Å²) in [5, 5.41) is 2.36. The number of carbonyl (C=O) groups is 2. The molecule has 100 valence electrons. The predicted octanol–water partition coefficient (Wildman–Crippen LogP) is 2.58. The second-order valence-corrected chi connectivity index (χ2v) is 4.76. The maximum atomic E-state index is 12.0. The van der Waals surface area contributed by atoms with Crippen molar-refractivity contribution in [2.45, 2.75) is 19.8 Å². The molecule has 1 aromatic heterocycles. The van der Waals surface area contributed by atoms with E-state index < -0.39 is 0 Å². The summed E-state index contributed by atoms with van der Waals surface area (Å²) in [6.07, 6.45) is 3.37. The average Bonchev–Trinajstić information content (AvgIpc) is 2.76. The van der Waals surface area contributed by atoms with E-state index in [2.05, 4.69) is 17.2 Å². The van der Waals surface area contributed by atoms with Crippen LogP contribution in [0.1, 0.15) is 39.6 Å². The fraction of sp³-hybridized carbons (Fsp3) is 0.188. The highest BCUT2D eigenvalue weighted by molar-refractivity contribution is 6.22. The Morgan fingerprint density at radius 1 is 1.05 bits per heavy atom. The summed E-state index contributed by atoms with van der Waals surface area (Å²) in [6.45, 7) is 2.05. The van der Waals surface area contributed by atoms with Crippen molar-refractivity contribution in [3.63, 3.8) is 0 Å². The van der Waals surface area contributed by atoms with Gasteiger partial charge in [0.25, 0.3) is 11.8 Å². The van der Waals surface area contributed by atoms with E-state index in [1.54, 1.807) is 12.3 Å². The van der Waals surface area contributed by atoms with Gasteiger partial charge in [-0.2, -0.15) is 0 Å². The first-order valence-corrected chi connectivity index (χ1v) is 6.65. The van der Waals surface area contributed by atoms with E-state index in [0.717, 1.165) is 29.7 Å². The van der Waals surface area contributed by atoms with Gasteiger partial charge in [0.2, 0.25) is 0 Å². The number of imide groups is 1. The van der Waals surface area contributed by atoms with Crippen molar-refractivity contribution in [2.24, 2.45) is 0 Å². The van der Waals surface area contributed by atoms with Crippen molar-refractivity contribution in [3.05, 3.63) is 53.2 Å². The average molecular weight is 266 g/mol. The molecule has 0 fully saturated rings. The van der Waals surface area contributed by atoms with Gasteiger partial charge in [-0.15, -0.1) is 0 Å². The lowest BCUT2D eigenvalue weighted by Gasteiger charge is -2.11. The first-order chi connectivity index (χ1) is 9.72. The Morgan fingerprint density at radius 3 is 2.55 bits per heavy atom. The van der Waals surface area contributed by atoms with Gasteiger partial charge in [0.05, 0.1) is 16.8 Å². The monoisotopic (exact) mass is 266 g/mol. The number of aromatic nitrogens is 1. The van der Waals surface area contributed by atoms with Crippen molar-refractivity contribution in [2.75, 3.05) is 0 Å². The topological polar surface area (TPSA) is 59.1 Å². The van der Waals surface area contributed by atoms with Crippen LogP contribution in [0.4, 0.5) is 0 Å². The first kappa shape index (κ1) is 12.5. The summed E-state index contributed by atoms with van der Waals surface area (Å²) in [4.78, 5) is 28.1. The summed E-state index contributed by atoms with van der Waals surface area (Å²) < 4.78 is 0. The highest BCUT2D eigenvalue weighted by Crippen LogP contribution is 2.30. The normalized spacial score (nSPS) is 13.2. The largest absolute Gasteiger partial charge is 0.288 e. The zero-order chi connectivity index (χ0) is 14.1. The smallest absolute Gasteiger partial charge is 0.259 e. The standard InChI is InChI=1S/C16H14N2O2/c1-2-5-11-10(13-6-3-4-9-17-13)7-8-12-14(11)16(20)18-15(12)19/h3-4,6-9H,2,5H2,1H3,(H,18,19,20). The summed E-state index contributed by atoms with van der Waals surface area (Å²) >= 11 is 0. The van der Waals surface area contributed by atoms with E-state index in [-0.39, 0.29) is 11.8 Å². The molecule has 0 bridgehead atoms. The number of amides is 2. The first-order valence-electron chi connectivity index (χ1n) is 6.65. The van der Waals surface area contributed by atoms with Crippen LogP contribution in [0.25, 0.3) is 11.3 Å².